The SMILES string of the molecule is O=Cc1cc(N2CCC3CCCCC32)ccc1[N+](=O)[O-]. The minimum absolute atomic E-state index is 0.108. The van der Waals surface area contributed by atoms with Gasteiger partial charge >= 0.3 is 0 Å². The summed E-state index contributed by atoms with van der Waals surface area (Å²) in [6.07, 6.45) is 6.82. The van der Waals surface area contributed by atoms with E-state index in [4.69, 9.17) is 0 Å². The van der Waals surface area contributed by atoms with E-state index in [-0.39, 0.29) is 11.3 Å². The lowest BCUT2D eigenvalue weighted by atomic mass is 9.85. The van der Waals surface area contributed by atoms with Crippen LogP contribution in [0.25, 0.3) is 0 Å². The lowest BCUT2D eigenvalue weighted by molar-refractivity contribution is -0.385. The molecule has 2 atom stereocenters. The Morgan fingerprint density at radius 3 is 2.80 bits per heavy atom. The van der Waals surface area contributed by atoms with Crippen LogP contribution in [0.15, 0.2) is 18.2 Å². The number of nitro groups is 1. The highest BCUT2D eigenvalue weighted by Gasteiger charge is 2.36. The van der Waals surface area contributed by atoms with Gasteiger partial charge in [-0.15, -0.1) is 0 Å². The van der Waals surface area contributed by atoms with E-state index >= 15 is 0 Å². The molecule has 2 fully saturated rings. The quantitative estimate of drug-likeness (QED) is 0.482. The second-order valence-corrected chi connectivity index (χ2v) is 5.71. The van der Waals surface area contributed by atoms with E-state index in [9.17, 15) is 14.9 Å². The molecule has 0 aromatic heterocycles. The van der Waals surface area contributed by atoms with Gasteiger partial charge in [0.2, 0.25) is 0 Å². The summed E-state index contributed by atoms with van der Waals surface area (Å²) in [4.78, 5) is 23.8. The number of carbonyl (C=O) groups excluding carboxylic acids is 1. The van der Waals surface area contributed by atoms with Crippen molar-refractivity contribution in [3.05, 3.63) is 33.9 Å². The van der Waals surface area contributed by atoms with Crippen LogP contribution in [0.5, 0.6) is 0 Å². The first kappa shape index (κ1) is 13.1. The van der Waals surface area contributed by atoms with Gasteiger partial charge in [0.15, 0.2) is 6.29 Å². The molecule has 1 saturated heterocycles. The van der Waals surface area contributed by atoms with Crippen molar-refractivity contribution < 1.29 is 9.72 Å². The molecule has 3 rings (SSSR count). The molecule has 5 nitrogen and oxygen atoms in total. The fourth-order valence-electron chi connectivity index (χ4n) is 3.71. The van der Waals surface area contributed by atoms with Gasteiger partial charge in [-0.05, 0) is 37.3 Å². The van der Waals surface area contributed by atoms with Gasteiger partial charge in [0.05, 0.1) is 10.5 Å². The van der Waals surface area contributed by atoms with E-state index in [0.29, 0.717) is 12.3 Å². The molecule has 0 bridgehead atoms. The first-order valence-corrected chi connectivity index (χ1v) is 7.21. The highest BCUT2D eigenvalue weighted by Crippen LogP contribution is 2.39. The predicted octanol–water partition coefficient (Wildman–Crippen LogP) is 3.18. The Morgan fingerprint density at radius 2 is 2.05 bits per heavy atom. The molecule has 0 radical (unpaired) electrons. The highest BCUT2D eigenvalue weighted by atomic mass is 16.6. The normalized spacial score (nSPS) is 25.3. The molecule has 0 amide bonds. The Kier molecular flexibility index (Phi) is 3.42. The van der Waals surface area contributed by atoms with Gasteiger partial charge in [-0.25, -0.2) is 0 Å². The standard InChI is InChI=1S/C15H18N2O3/c18-10-12-9-13(5-6-15(12)17(19)20)16-8-7-11-3-1-2-4-14(11)16/h5-6,9-11,14H,1-4,7-8H2. The zero-order valence-corrected chi connectivity index (χ0v) is 11.3. The van der Waals surface area contributed by atoms with Crippen molar-refractivity contribution in [3.63, 3.8) is 0 Å². The molecule has 1 aromatic rings. The number of hydrogen-bond donors (Lipinski definition) is 0. The van der Waals surface area contributed by atoms with Crippen molar-refractivity contribution in [2.24, 2.45) is 5.92 Å². The molecular weight excluding hydrogens is 256 g/mol. The Morgan fingerprint density at radius 1 is 1.25 bits per heavy atom. The molecule has 2 unspecified atom stereocenters. The van der Waals surface area contributed by atoms with Crippen LogP contribution in [0.1, 0.15) is 42.5 Å². The van der Waals surface area contributed by atoms with Crippen LogP contribution in [0, 0.1) is 16.0 Å². The van der Waals surface area contributed by atoms with Crippen molar-refractivity contribution in [3.8, 4) is 0 Å². The molecule has 1 aliphatic carbocycles. The average molecular weight is 274 g/mol. The highest BCUT2D eigenvalue weighted by molar-refractivity contribution is 5.83. The van der Waals surface area contributed by atoms with Crippen LogP contribution in [-0.4, -0.2) is 23.8 Å². The molecule has 1 aromatic carbocycles. The van der Waals surface area contributed by atoms with Gasteiger partial charge in [0.1, 0.15) is 0 Å². The zero-order chi connectivity index (χ0) is 14.1. The van der Waals surface area contributed by atoms with E-state index in [1.807, 2.05) is 0 Å². The maximum Gasteiger partial charge on any atom is 0.280 e. The fourth-order valence-corrected chi connectivity index (χ4v) is 3.71. The van der Waals surface area contributed by atoms with Crippen LogP contribution in [0.2, 0.25) is 0 Å². The first-order valence-electron chi connectivity index (χ1n) is 7.21. The number of hydrogen-bond acceptors (Lipinski definition) is 4. The summed E-state index contributed by atoms with van der Waals surface area (Å²) in [6.45, 7) is 0.992. The van der Waals surface area contributed by atoms with Crippen LogP contribution in [-0.2, 0) is 0 Å². The molecule has 1 heterocycles. The number of anilines is 1. The second kappa shape index (κ2) is 5.23. The summed E-state index contributed by atoms with van der Waals surface area (Å²) in [6, 6.07) is 5.45. The zero-order valence-electron chi connectivity index (χ0n) is 11.3. The van der Waals surface area contributed by atoms with Crippen LogP contribution in [0.4, 0.5) is 11.4 Å². The Hall–Kier alpha value is -1.91. The number of carbonyl (C=O) groups is 1. The van der Waals surface area contributed by atoms with E-state index < -0.39 is 4.92 Å². The molecule has 1 aliphatic heterocycles. The Balaban J connectivity index is 1.90. The number of rotatable bonds is 3. The summed E-state index contributed by atoms with van der Waals surface area (Å²) < 4.78 is 0. The number of fused-ring (bicyclic) bond motifs is 1. The second-order valence-electron chi connectivity index (χ2n) is 5.71. The first-order chi connectivity index (χ1) is 9.70. The topological polar surface area (TPSA) is 63.5 Å². The van der Waals surface area contributed by atoms with Crippen molar-refractivity contribution >= 4 is 17.7 Å². The van der Waals surface area contributed by atoms with E-state index in [0.717, 1.165) is 18.2 Å². The third kappa shape index (κ3) is 2.17. The molecule has 5 heteroatoms. The maximum atomic E-state index is 11.1. The lowest BCUT2D eigenvalue weighted by Crippen LogP contribution is -2.34. The van der Waals surface area contributed by atoms with E-state index in [2.05, 4.69) is 4.90 Å². The largest absolute Gasteiger partial charge is 0.368 e. The van der Waals surface area contributed by atoms with Crippen molar-refractivity contribution in [2.75, 3.05) is 11.4 Å². The molecule has 106 valence electrons. The van der Waals surface area contributed by atoms with E-state index in [1.54, 1.807) is 12.1 Å². The monoisotopic (exact) mass is 274 g/mol. The third-order valence-corrected chi connectivity index (χ3v) is 4.68. The average Bonchev–Trinajstić information content (AvgIpc) is 2.90. The third-order valence-electron chi connectivity index (χ3n) is 4.68. The Bertz CT molecular complexity index is 544. The summed E-state index contributed by atoms with van der Waals surface area (Å²) in [5.74, 6) is 0.749. The Labute approximate surface area is 117 Å². The maximum absolute atomic E-state index is 11.1. The predicted molar refractivity (Wildman–Crippen MR) is 76.2 cm³/mol. The molecule has 20 heavy (non-hydrogen) atoms. The number of benzene rings is 1. The molecule has 0 N–H and O–H groups in total. The summed E-state index contributed by atoms with van der Waals surface area (Å²) in [5, 5.41) is 10.9. The van der Waals surface area contributed by atoms with Crippen LogP contribution in [0.3, 0.4) is 0 Å². The summed E-state index contributed by atoms with van der Waals surface area (Å²) in [5.41, 5.74) is 1.02. The van der Waals surface area contributed by atoms with E-state index in [1.165, 1.54) is 38.2 Å². The van der Waals surface area contributed by atoms with Crippen molar-refractivity contribution in [2.45, 2.75) is 38.1 Å². The van der Waals surface area contributed by atoms with Gasteiger partial charge in [-0.3, -0.25) is 14.9 Å². The van der Waals surface area contributed by atoms with Gasteiger partial charge in [0.25, 0.3) is 5.69 Å². The van der Waals surface area contributed by atoms with Crippen LogP contribution < -0.4 is 4.90 Å². The van der Waals surface area contributed by atoms with Gasteiger partial charge in [-0.1, -0.05) is 12.8 Å². The fraction of sp³-hybridized carbons (Fsp3) is 0.533. The van der Waals surface area contributed by atoms with Gasteiger partial charge in [-0.2, -0.15) is 0 Å². The minimum atomic E-state index is -0.499. The lowest BCUT2D eigenvalue weighted by Gasteiger charge is -2.33. The molecule has 2 aliphatic rings. The molecular formula is C15H18N2O3. The number of nitro benzene ring substituents is 1. The van der Waals surface area contributed by atoms with Crippen molar-refractivity contribution in [1.82, 2.24) is 0 Å². The summed E-state index contributed by atoms with van der Waals surface area (Å²) >= 11 is 0. The van der Waals surface area contributed by atoms with Crippen molar-refractivity contribution in [1.29, 1.82) is 0 Å². The molecule has 1 saturated carbocycles. The minimum Gasteiger partial charge on any atom is -0.368 e. The molecule has 0 spiro atoms. The van der Waals surface area contributed by atoms with Gasteiger partial charge in [0, 0.05) is 24.3 Å². The van der Waals surface area contributed by atoms with Crippen LogP contribution >= 0.6 is 0 Å². The summed E-state index contributed by atoms with van der Waals surface area (Å²) in [7, 11) is 0. The number of nitrogens with zero attached hydrogens (tertiary/aromatic N) is 2. The smallest absolute Gasteiger partial charge is 0.280 e. The van der Waals surface area contributed by atoms with Gasteiger partial charge < -0.3 is 4.90 Å². The number of aldehydes is 1.